The molecule has 1 fully saturated rings. The molecule has 0 N–H and O–H groups in total. The molecule has 1 aliphatic heterocycles. The highest BCUT2D eigenvalue weighted by Crippen LogP contribution is 2.55. The van der Waals surface area contributed by atoms with Crippen molar-refractivity contribution in [3.05, 3.63) is 17.7 Å². The van der Waals surface area contributed by atoms with Crippen LogP contribution in [0.5, 0.6) is 17.2 Å². The standard InChI is InChI=1S/C20H27F3O8S/c1-19(2)15-6-5-12(28-10-26-3)7-14(15)18-16(29-11-27-4)8-13(9-17(18)30-19)31-32(24,25)20(21,22)23/h8-9,12,14-15H,5-7,10-11H2,1-4H3/t12-,14-,15-/m1/s1. The molecule has 0 spiro atoms. The zero-order valence-electron chi connectivity index (χ0n) is 18.2. The summed E-state index contributed by atoms with van der Waals surface area (Å²) in [5.41, 5.74) is -5.62. The molecule has 0 radical (unpaired) electrons. The molecular weight excluding hydrogens is 457 g/mol. The SMILES string of the molecule is COCOc1cc(OS(=O)(=O)C(F)(F)F)cc2c1[C@@H]1C[C@H](OCOC)CC[C@H]1C(C)(C)O2. The molecule has 1 aliphatic carbocycles. The van der Waals surface area contributed by atoms with E-state index in [1.165, 1.54) is 14.2 Å². The fourth-order valence-electron chi connectivity index (χ4n) is 4.45. The van der Waals surface area contributed by atoms with Crippen molar-refractivity contribution in [3.8, 4) is 17.2 Å². The lowest BCUT2D eigenvalue weighted by Crippen LogP contribution is -2.48. The Morgan fingerprint density at radius 1 is 1.12 bits per heavy atom. The van der Waals surface area contributed by atoms with E-state index in [1.54, 1.807) is 0 Å². The van der Waals surface area contributed by atoms with Gasteiger partial charge in [0.25, 0.3) is 0 Å². The van der Waals surface area contributed by atoms with Gasteiger partial charge in [0.15, 0.2) is 6.79 Å². The fraction of sp³-hybridized carbons (Fsp3) is 0.700. The number of methoxy groups -OCH3 is 2. The van der Waals surface area contributed by atoms with Gasteiger partial charge in [0.05, 0.1) is 6.10 Å². The van der Waals surface area contributed by atoms with Gasteiger partial charge in [0.1, 0.15) is 29.6 Å². The number of benzene rings is 1. The van der Waals surface area contributed by atoms with Crippen molar-refractivity contribution in [1.29, 1.82) is 0 Å². The molecule has 0 amide bonds. The predicted molar refractivity (Wildman–Crippen MR) is 106 cm³/mol. The lowest BCUT2D eigenvalue weighted by atomic mass is 9.66. The largest absolute Gasteiger partial charge is 0.534 e. The molecule has 32 heavy (non-hydrogen) atoms. The molecule has 182 valence electrons. The van der Waals surface area contributed by atoms with Crippen LogP contribution in [0, 0.1) is 5.92 Å². The van der Waals surface area contributed by atoms with Crippen molar-refractivity contribution in [2.24, 2.45) is 5.92 Å². The van der Waals surface area contributed by atoms with E-state index < -0.39 is 27.0 Å². The summed E-state index contributed by atoms with van der Waals surface area (Å²) in [6.45, 7) is 3.72. The van der Waals surface area contributed by atoms with Gasteiger partial charge in [-0.05, 0) is 33.1 Å². The number of alkyl halides is 3. The van der Waals surface area contributed by atoms with Crippen LogP contribution < -0.4 is 13.7 Å². The van der Waals surface area contributed by atoms with Gasteiger partial charge in [-0.15, -0.1) is 0 Å². The number of fused-ring (bicyclic) bond motifs is 3. The summed E-state index contributed by atoms with van der Waals surface area (Å²) in [6.07, 6.45) is 2.11. The third-order valence-corrected chi connectivity index (χ3v) is 6.74. The van der Waals surface area contributed by atoms with Crippen LogP contribution in [-0.2, 0) is 24.3 Å². The van der Waals surface area contributed by atoms with Gasteiger partial charge < -0.3 is 27.9 Å². The Hall–Kier alpha value is -1.76. The van der Waals surface area contributed by atoms with Crippen LogP contribution in [0.1, 0.15) is 44.6 Å². The lowest BCUT2D eigenvalue weighted by Gasteiger charge is -2.49. The molecule has 1 heterocycles. The van der Waals surface area contributed by atoms with Crippen molar-refractivity contribution < 1.29 is 49.5 Å². The number of halogens is 3. The van der Waals surface area contributed by atoms with Gasteiger partial charge in [-0.1, -0.05) is 0 Å². The van der Waals surface area contributed by atoms with Gasteiger partial charge in [-0.3, -0.25) is 0 Å². The zero-order valence-corrected chi connectivity index (χ0v) is 19.0. The second-order valence-corrected chi connectivity index (χ2v) is 9.83. The molecule has 0 aromatic heterocycles. The van der Waals surface area contributed by atoms with Crippen LogP contribution in [0.2, 0.25) is 0 Å². The molecule has 12 heteroatoms. The molecule has 8 nitrogen and oxygen atoms in total. The first-order chi connectivity index (χ1) is 14.9. The maximum absolute atomic E-state index is 12.8. The van der Waals surface area contributed by atoms with Crippen LogP contribution in [0.4, 0.5) is 13.2 Å². The van der Waals surface area contributed by atoms with E-state index in [1.807, 2.05) is 13.8 Å². The molecule has 1 aromatic rings. The van der Waals surface area contributed by atoms with Crippen LogP contribution in [-0.4, -0.2) is 53.4 Å². The molecule has 3 atom stereocenters. The molecule has 3 rings (SSSR count). The summed E-state index contributed by atoms with van der Waals surface area (Å²) in [7, 11) is -2.94. The Morgan fingerprint density at radius 2 is 1.81 bits per heavy atom. The molecule has 0 saturated heterocycles. The highest BCUT2D eigenvalue weighted by Gasteiger charge is 2.50. The first-order valence-corrected chi connectivity index (χ1v) is 11.4. The first kappa shape index (κ1) is 24.9. The lowest BCUT2D eigenvalue weighted by molar-refractivity contribution is -0.105. The summed E-state index contributed by atoms with van der Waals surface area (Å²) >= 11 is 0. The summed E-state index contributed by atoms with van der Waals surface area (Å²) in [4.78, 5) is 0. The first-order valence-electron chi connectivity index (χ1n) is 9.99. The summed E-state index contributed by atoms with van der Waals surface area (Å²) in [6, 6.07) is 2.26. The minimum atomic E-state index is -5.86. The Balaban J connectivity index is 2.04. The minimum Gasteiger partial charge on any atom is -0.487 e. The van der Waals surface area contributed by atoms with Crippen LogP contribution in [0.3, 0.4) is 0 Å². The van der Waals surface area contributed by atoms with E-state index in [9.17, 15) is 21.6 Å². The third-order valence-electron chi connectivity index (χ3n) is 5.76. The quantitative estimate of drug-likeness (QED) is 0.311. The molecule has 2 aliphatic rings. The molecule has 0 unspecified atom stereocenters. The maximum atomic E-state index is 12.8. The molecule has 1 saturated carbocycles. The maximum Gasteiger partial charge on any atom is 0.534 e. The van der Waals surface area contributed by atoms with E-state index in [0.29, 0.717) is 12.0 Å². The van der Waals surface area contributed by atoms with Gasteiger partial charge in [-0.25, -0.2) is 0 Å². The highest BCUT2D eigenvalue weighted by molar-refractivity contribution is 7.88. The zero-order chi connectivity index (χ0) is 23.7. The van der Waals surface area contributed by atoms with Crippen LogP contribution in [0.15, 0.2) is 12.1 Å². The van der Waals surface area contributed by atoms with Crippen LogP contribution >= 0.6 is 0 Å². The second-order valence-electron chi connectivity index (χ2n) is 8.29. The van der Waals surface area contributed by atoms with Gasteiger partial charge >= 0.3 is 15.6 Å². The van der Waals surface area contributed by atoms with Crippen LogP contribution in [0.25, 0.3) is 0 Å². The van der Waals surface area contributed by atoms with Crippen molar-refractivity contribution >= 4 is 10.1 Å². The minimum absolute atomic E-state index is 0.0768. The predicted octanol–water partition coefficient (Wildman–Crippen LogP) is 3.94. The van der Waals surface area contributed by atoms with Crippen molar-refractivity contribution in [2.75, 3.05) is 27.8 Å². The normalized spacial score (nSPS) is 24.8. The van der Waals surface area contributed by atoms with Crippen molar-refractivity contribution in [3.63, 3.8) is 0 Å². The fourth-order valence-corrected chi connectivity index (χ4v) is 4.89. The van der Waals surface area contributed by atoms with E-state index in [2.05, 4.69) is 4.18 Å². The number of rotatable bonds is 8. The Bertz CT molecular complexity index is 916. The Morgan fingerprint density at radius 3 is 2.44 bits per heavy atom. The smallest absolute Gasteiger partial charge is 0.487 e. The third kappa shape index (κ3) is 5.08. The second kappa shape index (κ2) is 9.24. The van der Waals surface area contributed by atoms with Gasteiger partial charge in [0, 0.05) is 43.8 Å². The summed E-state index contributed by atoms with van der Waals surface area (Å²) in [5, 5.41) is 0. The summed E-state index contributed by atoms with van der Waals surface area (Å²) in [5.74, 6) is -0.263. The van der Waals surface area contributed by atoms with Crippen molar-refractivity contribution in [1.82, 2.24) is 0 Å². The molecule has 0 bridgehead atoms. The van der Waals surface area contributed by atoms with E-state index in [0.717, 1.165) is 25.0 Å². The van der Waals surface area contributed by atoms with E-state index >= 15 is 0 Å². The van der Waals surface area contributed by atoms with E-state index in [4.69, 9.17) is 23.7 Å². The molecule has 1 aromatic carbocycles. The Kier molecular flexibility index (Phi) is 7.18. The molecular formula is C20H27F3O8S. The number of hydrogen-bond acceptors (Lipinski definition) is 8. The highest BCUT2D eigenvalue weighted by atomic mass is 32.2. The average Bonchev–Trinajstić information content (AvgIpc) is 2.68. The number of ether oxygens (including phenoxy) is 5. The average molecular weight is 484 g/mol. The Labute approximate surface area is 185 Å². The van der Waals surface area contributed by atoms with E-state index in [-0.39, 0.29) is 43.0 Å². The van der Waals surface area contributed by atoms with Crippen molar-refractivity contribution in [2.45, 2.75) is 56.2 Å². The van der Waals surface area contributed by atoms with Gasteiger partial charge in [-0.2, -0.15) is 21.6 Å². The topological polar surface area (TPSA) is 89.5 Å². The monoisotopic (exact) mass is 484 g/mol. The number of hydrogen-bond donors (Lipinski definition) is 0. The summed E-state index contributed by atoms with van der Waals surface area (Å²) < 4.78 is 93.3. The van der Waals surface area contributed by atoms with Gasteiger partial charge in [0.2, 0.25) is 0 Å².